The van der Waals surface area contributed by atoms with Crippen LogP contribution < -0.4 is 0 Å². The minimum absolute atomic E-state index is 0.0109. The van der Waals surface area contributed by atoms with Gasteiger partial charge in [-0.25, -0.2) is 0 Å². The van der Waals surface area contributed by atoms with Gasteiger partial charge in [-0.15, -0.1) is 0 Å². The predicted molar refractivity (Wildman–Crippen MR) is 61.5 cm³/mol. The fourth-order valence-electron chi connectivity index (χ4n) is 1.81. The quantitative estimate of drug-likeness (QED) is 0.770. The van der Waals surface area contributed by atoms with Gasteiger partial charge in [0.25, 0.3) is 0 Å². The van der Waals surface area contributed by atoms with Crippen molar-refractivity contribution in [1.29, 1.82) is 0 Å². The van der Waals surface area contributed by atoms with Gasteiger partial charge in [-0.2, -0.15) is 0 Å². The van der Waals surface area contributed by atoms with Crippen molar-refractivity contribution in [2.75, 3.05) is 7.11 Å². The zero-order valence-corrected chi connectivity index (χ0v) is 9.14. The second kappa shape index (κ2) is 4.79. The molecule has 2 heteroatoms. The Morgan fingerprint density at radius 1 is 1.31 bits per heavy atom. The van der Waals surface area contributed by atoms with Gasteiger partial charge in [-0.3, -0.25) is 4.79 Å². The fraction of sp³-hybridized carbons (Fsp3) is 0.214. The van der Waals surface area contributed by atoms with Gasteiger partial charge in [0.05, 0.1) is 13.0 Å². The normalized spacial score (nSPS) is 19.4. The molecule has 0 N–H and O–H groups in total. The Balaban J connectivity index is 2.17. The topological polar surface area (TPSA) is 26.3 Å². The minimum atomic E-state index is -0.225. The first-order valence-corrected chi connectivity index (χ1v) is 5.23. The van der Waals surface area contributed by atoms with Crippen molar-refractivity contribution in [3.63, 3.8) is 0 Å². The Labute approximate surface area is 95.2 Å². The first-order chi connectivity index (χ1) is 7.81. The lowest BCUT2D eigenvalue weighted by Crippen LogP contribution is -2.21. The Kier molecular flexibility index (Phi) is 3.20. The van der Waals surface area contributed by atoms with Gasteiger partial charge in [0.1, 0.15) is 5.76 Å². The molecule has 0 amide bonds. The minimum Gasteiger partial charge on any atom is -0.500 e. The van der Waals surface area contributed by atoms with Gasteiger partial charge >= 0.3 is 0 Å². The number of ketones is 1. The largest absolute Gasteiger partial charge is 0.500 e. The highest BCUT2D eigenvalue weighted by Gasteiger charge is 2.24. The van der Waals surface area contributed by atoms with Crippen molar-refractivity contribution in [3.8, 4) is 0 Å². The summed E-state index contributed by atoms with van der Waals surface area (Å²) in [5, 5.41) is 0. The maximum absolute atomic E-state index is 11.7. The molecule has 0 saturated heterocycles. The van der Waals surface area contributed by atoms with E-state index >= 15 is 0 Å². The van der Waals surface area contributed by atoms with Crippen molar-refractivity contribution >= 4 is 5.78 Å². The van der Waals surface area contributed by atoms with Crippen LogP contribution in [-0.4, -0.2) is 12.9 Å². The molecule has 1 aliphatic carbocycles. The Hall–Kier alpha value is -1.83. The highest BCUT2D eigenvalue weighted by molar-refractivity contribution is 5.91. The van der Waals surface area contributed by atoms with Gasteiger partial charge in [-0.1, -0.05) is 30.3 Å². The predicted octanol–water partition coefficient (Wildman–Crippen LogP) is 2.32. The molecule has 1 aromatic rings. The van der Waals surface area contributed by atoms with Gasteiger partial charge in [0.15, 0.2) is 5.78 Å². The summed E-state index contributed by atoms with van der Waals surface area (Å²) in [7, 11) is 1.59. The van der Waals surface area contributed by atoms with Gasteiger partial charge in [0.2, 0.25) is 0 Å². The summed E-state index contributed by atoms with van der Waals surface area (Å²) in [6.07, 6.45) is 6.78. The molecular weight excluding hydrogens is 200 g/mol. The second-order valence-corrected chi connectivity index (χ2v) is 3.69. The molecular formula is C14H13O2. The zero-order chi connectivity index (χ0) is 11.4. The van der Waals surface area contributed by atoms with Crippen molar-refractivity contribution < 1.29 is 9.53 Å². The number of benzene rings is 1. The van der Waals surface area contributed by atoms with Crippen molar-refractivity contribution in [1.82, 2.24) is 0 Å². The van der Waals surface area contributed by atoms with E-state index in [2.05, 4.69) is 6.08 Å². The summed E-state index contributed by atoms with van der Waals surface area (Å²) in [6.45, 7) is 0. The number of hydrogen-bond acceptors (Lipinski definition) is 2. The third kappa shape index (κ3) is 2.22. The van der Waals surface area contributed by atoms with Crippen LogP contribution in [-0.2, 0) is 16.0 Å². The van der Waals surface area contributed by atoms with E-state index in [4.69, 9.17) is 4.74 Å². The molecule has 0 fully saturated rings. The lowest BCUT2D eigenvalue weighted by atomic mass is 9.90. The number of carbonyl (C=O) groups is 1. The molecule has 0 aromatic heterocycles. The Bertz CT molecular complexity index is 429. The van der Waals surface area contributed by atoms with E-state index in [-0.39, 0.29) is 11.7 Å². The summed E-state index contributed by atoms with van der Waals surface area (Å²) in [4.78, 5) is 11.7. The van der Waals surface area contributed by atoms with Crippen LogP contribution in [0.15, 0.2) is 48.2 Å². The molecule has 0 heterocycles. The third-order valence-corrected chi connectivity index (χ3v) is 2.65. The molecule has 2 rings (SSSR count). The number of hydrogen-bond donors (Lipinski definition) is 0. The van der Waals surface area contributed by atoms with E-state index < -0.39 is 0 Å². The number of rotatable bonds is 3. The number of methoxy groups -OCH3 is 1. The molecule has 81 valence electrons. The number of carbonyl (C=O) groups excluding carboxylic acids is 1. The standard InChI is InChI=1S/C14H13O2/c1-16-14-9-5-8-13(15)12(14)10-11-6-3-2-4-7-11/h2-7,9,12H,10H2,1H3. The molecule has 2 nitrogen and oxygen atoms in total. The average Bonchev–Trinajstić information content (AvgIpc) is 2.33. The van der Waals surface area contributed by atoms with Crippen molar-refractivity contribution in [3.05, 3.63) is 59.9 Å². The lowest BCUT2D eigenvalue weighted by Gasteiger charge is -2.18. The molecule has 0 bridgehead atoms. The Morgan fingerprint density at radius 3 is 2.75 bits per heavy atom. The monoisotopic (exact) mass is 213 g/mol. The number of Topliss-reactive ketones (excluding diaryl/α,β-unsaturated/α-hetero) is 1. The fourth-order valence-corrected chi connectivity index (χ4v) is 1.81. The molecule has 1 aromatic carbocycles. The summed E-state index contributed by atoms with van der Waals surface area (Å²) in [5.74, 6) is 0.480. The first kappa shape index (κ1) is 10.7. The highest BCUT2D eigenvalue weighted by atomic mass is 16.5. The molecule has 1 unspecified atom stereocenters. The maximum atomic E-state index is 11.7. The number of allylic oxidation sites excluding steroid dienone is 4. The number of ether oxygens (including phenoxy) is 1. The third-order valence-electron chi connectivity index (χ3n) is 2.65. The summed E-state index contributed by atoms with van der Waals surface area (Å²) in [6, 6.07) is 9.93. The van der Waals surface area contributed by atoms with Crippen LogP contribution in [0.2, 0.25) is 0 Å². The molecule has 0 saturated carbocycles. The average molecular weight is 213 g/mol. The first-order valence-electron chi connectivity index (χ1n) is 5.23. The molecule has 0 aliphatic heterocycles. The van der Waals surface area contributed by atoms with Gasteiger partial charge < -0.3 is 4.74 Å². The van der Waals surface area contributed by atoms with Crippen molar-refractivity contribution in [2.24, 2.45) is 5.92 Å². The van der Waals surface area contributed by atoms with Crippen LogP contribution in [0.5, 0.6) is 0 Å². The van der Waals surface area contributed by atoms with Crippen LogP contribution in [0, 0.1) is 12.0 Å². The van der Waals surface area contributed by atoms with Gasteiger partial charge in [-0.05, 0) is 24.1 Å². The van der Waals surface area contributed by atoms with Crippen LogP contribution >= 0.6 is 0 Å². The van der Waals surface area contributed by atoms with E-state index in [0.717, 1.165) is 5.56 Å². The second-order valence-electron chi connectivity index (χ2n) is 3.69. The molecule has 16 heavy (non-hydrogen) atoms. The summed E-state index contributed by atoms with van der Waals surface area (Å²) < 4.78 is 5.22. The van der Waals surface area contributed by atoms with Crippen LogP contribution in [0.4, 0.5) is 0 Å². The molecule has 1 atom stereocenters. The smallest absolute Gasteiger partial charge is 0.174 e. The maximum Gasteiger partial charge on any atom is 0.174 e. The van der Waals surface area contributed by atoms with E-state index in [1.165, 1.54) is 0 Å². The van der Waals surface area contributed by atoms with Crippen LogP contribution in [0.3, 0.4) is 0 Å². The van der Waals surface area contributed by atoms with E-state index in [0.29, 0.717) is 12.2 Å². The van der Waals surface area contributed by atoms with Crippen molar-refractivity contribution in [2.45, 2.75) is 6.42 Å². The lowest BCUT2D eigenvalue weighted by molar-refractivity contribution is -0.118. The van der Waals surface area contributed by atoms with E-state index in [1.807, 2.05) is 30.3 Å². The summed E-state index contributed by atoms with van der Waals surface area (Å²) in [5.41, 5.74) is 1.13. The molecule has 1 aliphatic rings. The molecule has 1 radical (unpaired) electrons. The SMILES string of the molecule is COC1=CC=[C]C(=O)C1Cc1ccccc1. The van der Waals surface area contributed by atoms with Crippen LogP contribution in [0.25, 0.3) is 0 Å². The molecule has 0 spiro atoms. The van der Waals surface area contributed by atoms with Gasteiger partial charge in [0, 0.05) is 6.08 Å². The Morgan fingerprint density at radius 2 is 2.06 bits per heavy atom. The highest BCUT2D eigenvalue weighted by Crippen LogP contribution is 2.22. The zero-order valence-electron chi connectivity index (χ0n) is 9.14. The summed E-state index contributed by atoms with van der Waals surface area (Å²) >= 11 is 0. The van der Waals surface area contributed by atoms with E-state index in [1.54, 1.807) is 19.3 Å². The van der Waals surface area contributed by atoms with E-state index in [9.17, 15) is 4.79 Å². The van der Waals surface area contributed by atoms with Crippen LogP contribution in [0.1, 0.15) is 5.56 Å².